The van der Waals surface area contributed by atoms with Crippen molar-refractivity contribution in [1.82, 2.24) is 4.57 Å². The Balaban J connectivity index is 0.00000338. The maximum atomic E-state index is 5.97. The number of nitrogens with zero attached hydrogens (tertiary/aromatic N) is 2. The maximum absolute atomic E-state index is 5.97. The van der Waals surface area contributed by atoms with Crippen molar-refractivity contribution >= 4 is 11.0 Å². The van der Waals surface area contributed by atoms with Crippen molar-refractivity contribution in [2.45, 2.75) is 78.5 Å². The fourth-order valence-electron chi connectivity index (χ4n) is 3.43. The molecule has 0 radical (unpaired) electrons. The van der Waals surface area contributed by atoms with Crippen LogP contribution in [0.15, 0.2) is 36.9 Å². The summed E-state index contributed by atoms with van der Waals surface area (Å²) < 4.78 is 10.5. The number of imidazole rings is 1. The Bertz CT molecular complexity index is 651. The molecule has 0 saturated carbocycles. The van der Waals surface area contributed by atoms with Gasteiger partial charge >= 0.3 is 0 Å². The SMILES string of the molecule is C=CCn1c(C)[n+](COCCCCCCCCCC)c2ccccc21.[Cl-]. The second kappa shape index (κ2) is 12.9. The number of halogens is 1. The highest BCUT2D eigenvalue weighted by molar-refractivity contribution is 5.72. The van der Waals surface area contributed by atoms with Gasteiger partial charge in [-0.25, -0.2) is 9.13 Å². The third-order valence-corrected chi connectivity index (χ3v) is 4.92. The van der Waals surface area contributed by atoms with Gasteiger partial charge in [0.2, 0.25) is 0 Å². The molecule has 1 aromatic carbocycles. The normalized spacial score (nSPS) is 10.8. The van der Waals surface area contributed by atoms with E-state index in [0.717, 1.165) is 13.2 Å². The molecule has 2 aromatic rings. The Hall–Kier alpha value is -1.32. The third-order valence-electron chi connectivity index (χ3n) is 4.92. The number of rotatable bonds is 13. The van der Waals surface area contributed by atoms with Gasteiger partial charge in [-0.2, -0.15) is 0 Å². The van der Waals surface area contributed by atoms with E-state index in [1.54, 1.807) is 0 Å². The molecule has 0 aliphatic rings. The van der Waals surface area contributed by atoms with Gasteiger partial charge in [-0.3, -0.25) is 0 Å². The smallest absolute Gasteiger partial charge is 0.256 e. The zero-order valence-electron chi connectivity index (χ0n) is 16.6. The van der Waals surface area contributed by atoms with E-state index in [0.29, 0.717) is 6.73 Å². The average Bonchev–Trinajstić information content (AvgIpc) is 2.89. The molecule has 3 nitrogen and oxygen atoms in total. The standard InChI is InChI=1S/C22H35N2O.ClH/c1-4-6-7-8-9-10-11-14-18-25-19-24-20(3)23(17-5-2)21-15-12-13-16-22(21)24;/h5,12-13,15-16H,2,4,6-11,14,17-19H2,1,3H3;1H/q+1;/p-1. The number of unbranched alkanes of at least 4 members (excludes halogenated alkanes) is 7. The first-order chi connectivity index (χ1) is 12.3. The molecule has 0 atom stereocenters. The van der Waals surface area contributed by atoms with Crippen LogP contribution in [0.4, 0.5) is 0 Å². The van der Waals surface area contributed by atoms with Crippen LogP contribution in [0.25, 0.3) is 11.0 Å². The maximum Gasteiger partial charge on any atom is 0.256 e. The van der Waals surface area contributed by atoms with Crippen LogP contribution in [-0.2, 0) is 18.0 Å². The first-order valence-electron chi connectivity index (χ1n) is 9.96. The quantitative estimate of drug-likeness (QED) is 0.297. The van der Waals surface area contributed by atoms with Crippen LogP contribution in [0.1, 0.15) is 64.1 Å². The van der Waals surface area contributed by atoms with Crippen molar-refractivity contribution in [2.24, 2.45) is 0 Å². The summed E-state index contributed by atoms with van der Waals surface area (Å²) >= 11 is 0. The van der Waals surface area contributed by atoms with E-state index in [-0.39, 0.29) is 12.4 Å². The highest BCUT2D eigenvalue weighted by Crippen LogP contribution is 2.14. The number of fused-ring (bicyclic) bond motifs is 1. The third kappa shape index (κ3) is 6.44. The number of benzene rings is 1. The average molecular weight is 379 g/mol. The predicted molar refractivity (Wildman–Crippen MR) is 106 cm³/mol. The first-order valence-corrected chi connectivity index (χ1v) is 9.96. The Morgan fingerprint density at radius 3 is 2.38 bits per heavy atom. The molecule has 1 heterocycles. The summed E-state index contributed by atoms with van der Waals surface area (Å²) in [4.78, 5) is 0. The molecule has 0 unspecified atom stereocenters. The van der Waals surface area contributed by atoms with Crippen molar-refractivity contribution in [3.05, 3.63) is 42.7 Å². The molecule has 0 N–H and O–H groups in total. The zero-order valence-corrected chi connectivity index (χ0v) is 17.3. The van der Waals surface area contributed by atoms with Crippen molar-refractivity contribution in [1.29, 1.82) is 0 Å². The lowest BCUT2D eigenvalue weighted by Gasteiger charge is -2.04. The number of ether oxygens (including phenoxy) is 1. The highest BCUT2D eigenvalue weighted by Gasteiger charge is 2.19. The van der Waals surface area contributed by atoms with Crippen molar-refractivity contribution in [2.75, 3.05) is 6.61 Å². The van der Waals surface area contributed by atoms with E-state index in [1.807, 2.05) is 6.08 Å². The Morgan fingerprint density at radius 1 is 1.04 bits per heavy atom. The Kier molecular flexibility index (Phi) is 11.3. The molecule has 0 saturated heterocycles. The lowest BCUT2D eigenvalue weighted by atomic mass is 10.1. The fraction of sp³-hybridized carbons (Fsp3) is 0.591. The minimum Gasteiger partial charge on any atom is -1.00 e. The summed E-state index contributed by atoms with van der Waals surface area (Å²) in [5, 5.41) is 0. The molecule has 0 aliphatic carbocycles. The molecule has 0 fully saturated rings. The summed E-state index contributed by atoms with van der Waals surface area (Å²) in [6.07, 6.45) is 12.6. The molecular weight excluding hydrogens is 344 g/mol. The van der Waals surface area contributed by atoms with Gasteiger partial charge in [-0.1, -0.05) is 76.7 Å². The van der Waals surface area contributed by atoms with Crippen LogP contribution in [0, 0.1) is 6.92 Å². The van der Waals surface area contributed by atoms with Crippen LogP contribution >= 0.6 is 0 Å². The molecule has 0 amide bonds. The van der Waals surface area contributed by atoms with E-state index >= 15 is 0 Å². The second-order valence-electron chi connectivity index (χ2n) is 6.88. The van der Waals surface area contributed by atoms with Crippen LogP contribution in [0.2, 0.25) is 0 Å². The number of hydrogen-bond donors (Lipinski definition) is 0. The van der Waals surface area contributed by atoms with Gasteiger partial charge < -0.3 is 17.1 Å². The van der Waals surface area contributed by atoms with Crippen molar-refractivity contribution < 1.29 is 21.7 Å². The Labute approximate surface area is 165 Å². The lowest BCUT2D eigenvalue weighted by molar-refractivity contribution is -0.715. The predicted octanol–water partition coefficient (Wildman–Crippen LogP) is 2.54. The molecule has 2 rings (SSSR count). The number of hydrogen-bond acceptors (Lipinski definition) is 1. The monoisotopic (exact) mass is 378 g/mol. The van der Waals surface area contributed by atoms with E-state index in [4.69, 9.17) is 4.74 Å². The van der Waals surface area contributed by atoms with Crippen LogP contribution in [0.5, 0.6) is 0 Å². The van der Waals surface area contributed by atoms with Crippen molar-refractivity contribution in [3.8, 4) is 0 Å². The summed E-state index contributed by atoms with van der Waals surface area (Å²) in [7, 11) is 0. The molecule has 0 aliphatic heterocycles. The van der Waals surface area contributed by atoms with Gasteiger partial charge in [0.1, 0.15) is 6.54 Å². The number of para-hydroxylation sites is 2. The molecule has 0 spiro atoms. The molecular formula is C22H35ClN2O. The number of allylic oxidation sites excluding steroid dienone is 1. The van der Waals surface area contributed by atoms with Crippen LogP contribution < -0.4 is 17.0 Å². The van der Waals surface area contributed by atoms with E-state index < -0.39 is 0 Å². The van der Waals surface area contributed by atoms with E-state index in [1.165, 1.54) is 68.2 Å². The van der Waals surface area contributed by atoms with Crippen LogP contribution in [0.3, 0.4) is 0 Å². The second-order valence-corrected chi connectivity index (χ2v) is 6.88. The molecule has 1 aromatic heterocycles. The summed E-state index contributed by atoms with van der Waals surface area (Å²) in [6, 6.07) is 8.52. The molecule has 26 heavy (non-hydrogen) atoms. The minimum absolute atomic E-state index is 0. The van der Waals surface area contributed by atoms with Crippen molar-refractivity contribution in [3.63, 3.8) is 0 Å². The zero-order chi connectivity index (χ0) is 17.9. The van der Waals surface area contributed by atoms with Gasteiger partial charge in [0.25, 0.3) is 5.82 Å². The number of aromatic nitrogens is 2. The summed E-state index contributed by atoms with van der Waals surface area (Å²) in [5.41, 5.74) is 2.48. The largest absolute Gasteiger partial charge is 1.00 e. The summed E-state index contributed by atoms with van der Waals surface area (Å²) in [6.45, 7) is 10.6. The molecule has 146 valence electrons. The van der Waals surface area contributed by atoms with E-state index in [2.05, 4.69) is 53.8 Å². The van der Waals surface area contributed by atoms with Gasteiger partial charge in [0, 0.05) is 6.92 Å². The lowest BCUT2D eigenvalue weighted by Crippen LogP contribution is -3.00. The summed E-state index contributed by atoms with van der Waals surface area (Å²) in [5.74, 6) is 1.22. The Morgan fingerprint density at radius 2 is 1.69 bits per heavy atom. The first kappa shape index (κ1) is 22.7. The topological polar surface area (TPSA) is 18.0 Å². The van der Waals surface area contributed by atoms with Gasteiger partial charge in [-0.15, -0.1) is 0 Å². The minimum atomic E-state index is 0. The van der Waals surface area contributed by atoms with Gasteiger partial charge in [-0.05, 0) is 18.6 Å². The van der Waals surface area contributed by atoms with E-state index in [9.17, 15) is 0 Å². The van der Waals surface area contributed by atoms with Crippen LogP contribution in [-0.4, -0.2) is 11.2 Å². The fourth-order valence-corrected chi connectivity index (χ4v) is 3.43. The molecule has 4 heteroatoms. The van der Waals surface area contributed by atoms with Gasteiger partial charge in [0.05, 0.1) is 6.61 Å². The molecule has 0 bridgehead atoms. The highest BCUT2D eigenvalue weighted by atomic mass is 35.5. The van der Waals surface area contributed by atoms with Gasteiger partial charge in [0.15, 0.2) is 17.8 Å².